The summed E-state index contributed by atoms with van der Waals surface area (Å²) in [6, 6.07) is 123. The topological polar surface area (TPSA) is 3.24 Å². The lowest BCUT2D eigenvalue weighted by Crippen LogP contribution is -2.28. The van der Waals surface area contributed by atoms with Gasteiger partial charge in [-0.3, -0.25) is 0 Å². The molecule has 0 fully saturated rings. The first-order valence-corrected chi connectivity index (χ1v) is 28.4. The Morgan fingerprint density at radius 2 is 0.622 bits per heavy atom. The molecule has 0 radical (unpaired) electrons. The molecule has 0 aliphatic heterocycles. The zero-order chi connectivity index (χ0) is 54.4. The summed E-state index contributed by atoms with van der Waals surface area (Å²) in [4.78, 5) is 2.57. The van der Waals surface area contributed by atoms with Gasteiger partial charge in [0, 0.05) is 22.3 Å². The Bertz CT molecular complexity index is 4600. The van der Waals surface area contributed by atoms with E-state index >= 15 is 0 Å². The summed E-state index contributed by atoms with van der Waals surface area (Å²) >= 11 is 0. The first kappa shape index (κ1) is 48.5. The number of hydrogen-bond donors (Lipinski definition) is 0. The molecule has 15 rings (SSSR count). The van der Waals surface area contributed by atoms with Crippen LogP contribution in [0.1, 0.15) is 22.3 Å². The number of benzene rings is 14. The average Bonchev–Trinajstić information content (AvgIpc) is 4.12. The number of fused-ring (bicyclic) bond motifs is 6. The summed E-state index contributed by atoms with van der Waals surface area (Å²) in [5.41, 5.74) is 24.3. The Balaban J connectivity index is 1.02. The molecular formula is C81H55N. The van der Waals surface area contributed by atoms with Gasteiger partial charge in [-0.25, -0.2) is 0 Å². The molecule has 1 aliphatic carbocycles. The molecule has 0 aromatic heterocycles. The van der Waals surface area contributed by atoms with Crippen LogP contribution in [0.25, 0.3) is 99.4 Å². The predicted octanol–water partition coefficient (Wildman–Crippen LogP) is 21.8. The third-order valence-corrected chi connectivity index (χ3v) is 17.0. The van der Waals surface area contributed by atoms with Gasteiger partial charge in [-0.15, -0.1) is 0 Å². The fourth-order valence-electron chi connectivity index (χ4n) is 13.3. The van der Waals surface area contributed by atoms with E-state index in [2.05, 4.69) is 339 Å². The Kier molecular flexibility index (Phi) is 12.2. The third kappa shape index (κ3) is 8.17. The molecule has 0 atom stereocenters. The van der Waals surface area contributed by atoms with Gasteiger partial charge in [0.25, 0.3) is 0 Å². The van der Waals surface area contributed by atoms with Gasteiger partial charge in [0.15, 0.2) is 0 Å². The highest BCUT2D eigenvalue weighted by molar-refractivity contribution is 6.22. The van der Waals surface area contributed by atoms with E-state index in [1.807, 2.05) is 0 Å². The molecule has 0 heterocycles. The molecule has 0 bridgehead atoms. The minimum atomic E-state index is -0.605. The van der Waals surface area contributed by atoms with Gasteiger partial charge in [0.2, 0.25) is 0 Å². The molecule has 0 saturated carbocycles. The van der Waals surface area contributed by atoms with Crippen molar-refractivity contribution in [3.63, 3.8) is 0 Å². The lowest BCUT2D eigenvalue weighted by molar-refractivity contribution is 0.768. The molecule has 0 spiro atoms. The zero-order valence-electron chi connectivity index (χ0n) is 45.2. The van der Waals surface area contributed by atoms with Gasteiger partial charge in [0.05, 0.1) is 11.1 Å². The van der Waals surface area contributed by atoms with E-state index in [9.17, 15) is 0 Å². The Morgan fingerprint density at radius 3 is 1.26 bits per heavy atom. The van der Waals surface area contributed by atoms with E-state index in [0.717, 1.165) is 33.8 Å². The van der Waals surface area contributed by atoms with Crippen LogP contribution in [-0.2, 0) is 5.41 Å². The number of anilines is 3. The second-order valence-electron chi connectivity index (χ2n) is 21.4. The Morgan fingerprint density at radius 1 is 0.207 bits per heavy atom. The molecule has 82 heavy (non-hydrogen) atoms. The maximum absolute atomic E-state index is 2.57. The molecule has 384 valence electrons. The van der Waals surface area contributed by atoms with Crippen molar-refractivity contribution in [3.05, 3.63) is 356 Å². The van der Waals surface area contributed by atoms with Crippen LogP contribution in [0.3, 0.4) is 0 Å². The van der Waals surface area contributed by atoms with Gasteiger partial charge in [-0.05, 0) is 147 Å². The van der Waals surface area contributed by atoms with Crippen molar-refractivity contribution in [2.75, 3.05) is 4.90 Å². The Labute approximate surface area is 480 Å². The summed E-state index contributed by atoms with van der Waals surface area (Å²) in [7, 11) is 0. The largest absolute Gasteiger partial charge is 0.309 e. The van der Waals surface area contributed by atoms with Crippen molar-refractivity contribution in [1.29, 1.82) is 0 Å². The van der Waals surface area contributed by atoms with Crippen LogP contribution >= 0.6 is 0 Å². The van der Waals surface area contributed by atoms with E-state index in [1.165, 1.54) is 105 Å². The van der Waals surface area contributed by atoms with Crippen molar-refractivity contribution in [1.82, 2.24) is 0 Å². The SMILES string of the molecule is c1ccc(-c2ccc(-c3ccccc3)c(-c3ccc(N(c4ccc5c(c4)C(c4ccccc4)(c4ccccc4)c4ccccc4-5)c4c(-c5cccc(-c6ccccc6-c6ccccc6)c5)c5ccccc5c5ccccc45)cc3)c2)cc1. The highest BCUT2D eigenvalue weighted by Gasteiger charge is 2.46. The van der Waals surface area contributed by atoms with Gasteiger partial charge in [-0.1, -0.05) is 297 Å². The summed E-state index contributed by atoms with van der Waals surface area (Å²) in [5, 5.41) is 4.77. The molecule has 0 saturated heterocycles. The molecule has 1 heteroatoms. The lowest BCUT2D eigenvalue weighted by Gasteiger charge is -2.35. The second kappa shape index (κ2) is 20.6. The highest BCUT2D eigenvalue weighted by Crippen LogP contribution is 2.58. The normalized spacial score (nSPS) is 12.2. The summed E-state index contributed by atoms with van der Waals surface area (Å²) in [5.74, 6) is 0. The quantitative estimate of drug-likeness (QED) is 0.117. The van der Waals surface area contributed by atoms with Gasteiger partial charge < -0.3 is 4.90 Å². The lowest BCUT2D eigenvalue weighted by atomic mass is 9.67. The number of rotatable bonds is 11. The second-order valence-corrected chi connectivity index (χ2v) is 21.4. The monoisotopic (exact) mass is 1040 g/mol. The van der Waals surface area contributed by atoms with Crippen molar-refractivity contribution in [2.24, 2.45) is 0 Å². The van der Waals surface area contributed by atoms with Gasteiger partial charge in [-0.2, -0.15) is 0 Å². The molecule has 14 aromatic rings. The van der Waals surface area contributed by atoms with E-state index in [0.29, 0.717) is 0 Å². The van der Waals surface area contributed by atoms with Crippen molar-refractivity contribution in [2.45, 2.75) is 5.41 Å². The van der Waals surface area contributed by atoms with Crippen LogP contribution in [0.2, 0.25) is 0 Å². The van der Waals surface area contributed by atoms with E-state index in [1.54, 1.807) is 0 Å². The van der Waals surface area contributed by atoms with Crippen molar-refractivity contribution >= 4 is 38.6 Å². The first-order chi connectivity index (χ1) is 40.7. The standard InChI is InChI=1S/C81H55N/c1-6-25-56(26-7-1)60-47-51-69(58-29-10-3-11-30-58)76(54-60)59-45-48-65(49-46-59)82(66-50-52-73-72-41-22-23-44-77(72)81(78(73)55-66,63-33-12-4-13-34-63)64-35-14-5-15-36-64)80-75-43-21-19-40-71(75)70-39-18-20-42-74(70)79(80)62-32-24-31-61(53-62)68-38-17-16-37-67(68)57-27-8-2-9-28-57/h1-55H. The molecule has 1 aliphatic rings. The van der Waals surface area contributed by atoms with Crippen LogP contribution in [-0.4, -0.2) is 0 Å². The molecule has 14 aromatic carbocycles. The maximum atomic E-state index is 2.57. The predicted molar refractivity (Wildman–Crippen MR) is 346 cm³/mol. The van der Waals surface area contributed by atoms with Crippen molar-refractivity contribution in [3.8, 4) is 77.9 Å². The fourth-order valence-corrected chi connectivity index (χ4v) is 13.3. The first-order valence-electron chi connectivity index (χ1n) is 28.4. The van der Waals surface area contributed by atoms with E-state index in [4.69, 9.17) is 0 Å². The van der Waals surface area contributed by atoms with Crippen LogP contribution in [0.15, 0.2) is 334 Å². The molecular weight excluding hydrogens is 987 g/mol. The molecule has 0 unspecified atom stereocenters. The third-order valence-electron chi connectivity index (χ3n) is 17.0. The van der Waals surface area contributed by atoms with Crippen LogP contribution in [0, 0.1) is 0 Å². The summed E-state index contributed by atoms with van der Waals surface area (Å²) in [6.07, 6.45) is 0. The summed E-state index contributed by atoms with van der Waals surface area (Å²) in [6.45, 7) is 0. The van der Waals surface area contributed by atoms with E-state index < -0.39 is 5.41 Å². The molecule has 0 N–H and O–H groups in total. The van der Waals surface area contributed by atoms with Crippen molar-refractivity contribution < 1.29 is 0 Å². The number of hydrogen-bond acceptors (Lipinski definition) is 1. The zero-order valence-corrected chi connectivity index (χ0v) is 45.2. The van der Waals surface area contributed by atoms with Gasteiger partial charge in [0.1, 0.15) is 0 Å². The fraction of sp³-hybridized carbons (Fsp3) is 0.0123. The molecule has 0 amide bonds. The minimum absolute atomic E-state index is 0.605. The smallest absolute Gasteiger partial charge is 0.0714 e. The van der Waals surface area contributed by atoms with Crippen LogP contribution in [0.4, 0.5) is 17.1 Å². The Hall–Kier alpha value is -10.6. The minimum Gasteiger partial charge on any atom is -0.309 e. The van der Waals surface area contributed by atoms with Crippen LogP contribution < -0.4 is 4.90 Å². The molecule has 1 nitrogen and oxygen atoms in total. The van der Waals surface area contributed by atoms with Crippen LogP contribution in [0.5, 0.6) is 0 Å². The number of nitrogens with zero attached hydrogens (tertiary/aromatic N) is 1. The van der Waals surface area contributed by atoms with E-state index in [-0.39, 0.29) is 0 Å². The average molecular weight is 1040 g/mol. The maximum Gasteiger partial charge on any atom is 0.0714 e. The summed E-state index contributed by atoms with van der Waals surface area (Å²) < 4.78 is 0. The highest BCUT2D eigenvalue weighted by atomic mass is 15.1. The van der Waals surface area contributed by atoms with Gasteiger partial charge >= 0.3 is 0 Å².